The van der Waals surface area contributed by atoms with Gasteiger partial charge < -0.3 is 14.6 Å². The van der Waals surface area contributed by atoms with Gasteiger partial charge in [0.2, 0.25) is 0 Å². The molecular formula is C29H21Cl2NO5. The number of carboxylic acids is 1. The van der Waals surface area contributed by atoms with Gasteiger partial charge in [-0.05, 0) is 66.6 Å². The number of aliphatic carboxylic acids is 1. The molecule has 6 nitrogen and oxygen atoms in total. The first-order valence-electron chi connectivity index (χ1n) is 11.6. The van der Waals surface area contributed by atoms with Crippen LogP contribution >= 0.6 is 23.2 Å². The van der Waals surface area contributed by atoms with Gasteiger partial charge in [-0.1, -0.05) is 35.3 Å². The van der Waals surface area contributed by atoms with Crippen molar-refractivity contribution in [2.75, 3.05) is 6.61 Å². The predicted octanol–water partition coefficient (Wildman–Crippen LogP) is 7.22. The number of Topliss-reactive ketones (excluding diaryl/α,β-unsaturated/α-hetero) is 1. The number of ketones is 1. The maximum atomic E-state index is 12.9. The van der Waals surface area contributed by atoms with Crippen molar-refractivity contribution < 1.29 is 24.2 Å². The van der Waals surface area contributed by atoms with Crippen molar-refractivity contribution >= 4 is 35.0 Å². The SMILES string of the molecule is O=C(Cc1ccnc(-c2ccc(Cl)cc2)c1)c1ccc(Oc2cc3c(cc2Cl)C(C(=O)O)CCO3)cc1. The zero-order valence-corrected chi connectivity index (χ0v) is 21.0. The Morgan fingerprint density at radius 2 is 1.76 bits per heavy atom. The van der Waals surface area contributed by atoms with Crippen molar-refractivity contribution in [1.29, 1.82) is 0 Å². The summed E-state index contributed by atoms with van der Waals surface area (Å²) in [4.78, 5) is 28.8. The van der Waals surface area contributed by atoms with Crippen molar-refractivity contribution in [1.82, 2.24) is 4.98 Å². The molecule has 0 radical (unpaired) electrons. The minimum atomic E-state index is -0.914. The molecule has 0 amide bonds. The van der Waals surface area contributed by atoms with E-state index in [1.54, 1.807) is 54.7 Å². The molecule has 0 aliphatic carbocycles. The maximum absolute atomic E-state index is 12.9. The maximum Gasteiger partial charge on any atom is 0.311 e. The monoisotopic (exact) mass is 533 g/mol. The quantitative estimate of drug-likeness (QED) is 0.252. The van der Waals surface area contributed by atoms with E-state index in [4.69, 9.17) is 32.7 Å². The summed E-state index contributed by atoms with van der Waals surface area (Å²) >= 11 is 12.3. The lowest BCUT2D eigenvalue weighted by atomic mass is 9.93. The first-order valence-corrected chi connectivity index (χ1v) is 12.3. The molecule has 3 aromatic carbocycles. The molecule has 1 aliphatic rings. The van der Waals surface area contributed by atoms with Crippen LogP contribution in [0.2, 0.25) is 10.0 Å². The third kappa shape index (κ3) is 5.61. The highest BCUT2D eigenvalue weighted by Crippen LogP contribution is 2.41. The summed E-state index contributed by atoms with van der Waals surface area (Å²) in [6.07, 6.45) is 2.30. The second-order valence-electron chi connectivity index (χ2n) is 8.63. The van der Waals surface area contributed by atoms with Gasteiger partial charge in [-0.25, -0.2) is 0 Å². The van der Waals surface area contributed by atoms with Crippen LogP contribution in [0, 0.1) is 0 Å². The lowest BCUT2D eigenvalue weighted by Crippen LogP contribution is -2.20. The average molecular weight is 534 g/mol. The normalized spacial score (nSPS) is 14.4. The van der Waals surface area contributed by atoms with Crippen LogP contribution in [-0.2, 0) is 11.2 Å². The first-order chi connectivity index (χ1) is 17.9. The van der Waals surface area contributed by atoms with Gasteiger partial charge in [-0.15, -0.1) is 0 Å². The molecule has 0 bridgehead atoms. The van der Waals surface area contributed by atoms with E-state index in [0.29, 0.717) is 46.4 Å². The van der Waals surface area contributed by atoms with Gasteiger partial charge >= 0.3 is 5.97 Å². The van der Waals surface area contributed by atoms with Crippen molar-refractivity contribution in [3.63, 3.8) is 0 Å². The van der Waals surface area contributed by atoms with E-state index in [-0.39, 0.29) is 17.2 Å². The molecule has 1 aromatic heterocycles. The van der Waals surface area contributed by atoms with Crippen molar-refractivity contribution in [2.24, 2.45) is 0 Å². The third-order valence-electron chi connectivity index (χ3n) is 6.14. The van der Waals surface area contributed by atoms with E-state index in [9.17, 15) is 14.7 Å². The Kier molecular flexibility index (Phi) is 7.12. The number of carboxylic acid groups (broad SMARTS) is 1. The molecule has 1 atom stereocenters. The van der Waals surface area contributed by atoms with E-state index in [0.717, 1.165) is 16.8 Å². The number of aromatic nitrogens is 1. The van der Waals surface area contributed by atoms with Gasteiger partial charge in [-0.3, -0.25) is 14.6 Å². The Balaban J connectivity index is 1.28. The molecular weight excluding hydrogens is 513 g/mol. The van der Waals surface area contributed by atoms with Gasteiger partial charge in [-0.2, -0.15) is 0 Å². The highest BCUT2D eigenvalue weighted by atomic mass is 35.5. The minimum absolute atomic E-state index is 0.0419. The Morgan fingerprint density at radius 3 is 2.49 bits per heavy atom. The summed E-state index contributed by atoms with van der Waals surface area (Å²) in [5, 5.41) is 10.4. The van der Waals surface area contributed by atoms with Crippen LogP contribution in [0.4, 0.5) is 0 Å². The molecule has 1 N–H and O–H groups in total. The number of pyridine rings is 1. The first kappa shape index (κ1) is 24.8. The van der Waals surface area contributed by atoms with E-state index in [1.165, 1.54) is 0 Å². The number of hydrogen-bond donors (Lipinski definition) is 1. The Bertz CT molecular complexity index is 1470. The van der Waals surface area contributed by atoms with Crippen molar-refractivity contribution in [2.45, 2.75) is 18.8 Å². The predicted molar refractivity (Wildman–Crippen MR) is 141 cm³/mol. The second kappa shape index (κ2) is 10.6. The van der Waals surface area contributed by atoms with Crippen molar-refractivity contribution in [3.05, 3.63) is 106 Å². The van der Waals surface area contributed by atoms with Crippen LogP contribution in [0.5, 0.6) is 17.2 Å². The minimum Gasteiger partial charge on any atom is -0.493 e. The standard InChI is InChI=1S/C29H21Cl2NO5/c30-20-5-1-18(2-6-20)25-13-17(9-11-32-25)14-26(33)19-3-7-21(8-4-19)37-28-16-27-23(15-24(28)31)22(29(34)35)10-12-36-27/h1-9,11,13,15-16,22H,10,12,14H2,(H,34,35). The van der Waals surface area contributed by atoms with Crippen LogP contribution < -0.4 is 9.47 Å². The number of ether oxygens (including phenoxy) is 2. The summed E-state index contributed by atoms with van der Waals surface area (Å²) < 4.78 is 11.5. The number of carbonyl (C=O) groups is 2. The number of rotatable bonds is 7. The molecule has 37 heavy (non-hydrogen) atoms. The molecule has 0 saturated heterocycles. The van der Waals surface area contributed by atoms with Crippen LogP contribution in [-0.4, -0.2) is 28.4 Å². The fraction of sp³-hybridized carbons (Fsp3) is 0.138. The Labute approximate surface area is 223 Å². The average Bonchev–Trinajstić information content (AvgIpc) is 2.89. The van der Waals surface area contributed by atoms with Crippen molar-refractivity contribution in [3.8, 4) is 28.5 Å². The summed E-state index contributed by atoms with van der Waals surface area (Å²) in [5.41, 5.74) is 3.62. The smallest absolute Gasteiger partial charge is 0.311 e. The van der Waals surface area contributed by atoms with Crippen LogP contribution in [0.15, 0.2) is 79.0 Å². The number of halogens is 2. The molecule has 0 spiro atoms. The summed E-state index contributed by atoms with van der Waals surface area (Å²) in [6, 6.07) is 21.1. The lowest BCUT2D eigenvalue weighted by molar-refractivity contribution is -0.139. The zero-order chi connectivity index (χ0) is 25.9. The third-order valence-corrected chi connectivity index (χ3v) is 6.68. The number of fused-ring (bicyclic) bond motifs is 1. The molecule has 8 heteroatoms. The topological polar surface area (TPSA) is 85.7 Å². The zero-order valence-electron chi connectivity index (χ0n) is 19.5. The van der Waals surface area contributed by atoms with Crippen LogP contribution in [0.3, 0.4) is 0 Å². The molecule has 0 saturated carbocycles. The van der Waals surface area contributed by atoms with Gasteiger partial charge in [0.1, 0.15) is 17.2 Å². The molecule has 186 valence electrons. The summed E-state index contributed by atoms with van der Waals surface area (Å²) in [7, 11) is 0. The molecule has 4 aromatic rings. The van der Waals surface area contributed by atoms with Gasteiger partial charge in [0, 0.05) is 40.4 Å². The summed E-state index contributed by atoms with van der Waals surface area (Å²) in [6.45, 7) is 0.306. The second-order valence-corrected chi connectivity index (χ2v) is 9.47. The van der Waals surface area contributed by atoms with Crippen LogP contribution in [0.25, 0.3) is 11.3 Å². The highest BCUT2D eigenvalue weighted by molar-refractivity contribution is 6.32. The highest BCUT2D eigenvalue weighted by Gasteiger charge is 2.29. The molecule has 5 rings (SSSR count). The van der Waals surface area contributed by atoms with E-state index in [2.05, 4.69) is 4.98 Å². The Hall–Kier alpha value is -3.87. The number of benzene rings is 3. The van der Waals surface area contributed by atoms with Gasteiger partial charge in [0.25, 0.3) is 0 Å². The largest absolute Gasteiger partial charge is 0.493 e. The molecule has 1 unspecified atom stereocenters. The van der Waals surface area contributed by atoms with E-state index in [1.807, 2.05) is 24.3 Å². The molecule has 1 aliphatic heterocycles. The number of hydrogen-bond acceptors (Lipinski definition) is 5. The van der Waals surface area contributed by atoms with Gasteiger partial charge in [0.05, 0.1) is 23.2 Å². The van der Waals surface area contributed by atoms with Gasteiger partial charge in [0.15, 0.2) is 5.78 Å². The number of carbonyl (C=O) groups excluding carboxylic acids is 1. The summed E-state index contributed by atoms with van der Waals surface area (Å²) in [5.74, 6) is -0.347. The molecule has 0 fully saturated rings. The molecule has 2 heterocycles. The van der Waals surface area contributed by atoms with E-state index < -0.39 is 11.9 Å². The van der Waals surface area contributed by atoms with Crippen LogP contribution in [0.1, 0.15) is 33.8 Å². The Morgan fingerprint density at radius 1 is 1.00 bits per heavy atom. The fourth-order valence-corrected chi connectivity index (χ4v) is 4.55. The number of nitrogens with zero attached hydrogens (tertiary/aromatic N) is 1. The van der Waals surface area contributed by atoms with E-state index >= 15 is 0 Å². The lowest BCUT2D eigenvalue weighted by Gasteiger charge is -2.24. The fourth-order valence-electron chi connectivity index (χ4n) is 4.21.